The molecular formula is C15H8Cl2FN3. The van der Waals surface area contributed by atoms with Gasteiger partial charge in [-0.2, -0.15) is 5.26 Å². The lowest BCUT2D eigenvalue weighted by Crippen LogP contribution is -1.99. The molecule has 0 saturated carbocycles. The Kier molecular flexibility index (Phi) is 3.54. The van der Waals surface area contributed by atoms with Crippen molar-refractivity contribution >= 4 is 34.2 Å². The Balaban J connectivity index is 2.32. The first-order valence-electron chi connectivity index (χ1n) is 6.08. The molecule has 0 atom stereocenters. The van der Waals surface area contributed by atoms with Crippen LogP contribution in [0.3, 0.4) is 0 Å². The Labute approximate surface area is 130 Å². The van der Waals surface area contributed by atoms with Gasteiger partial charge in [-0.1, -0.05) is 35.3 Å². The number of benzene rings is 2. The summed E-state index contributed by atoms with van der Waals surface area (Å²) < 4.78 is 15.1. The lowest BCUT2D eigenvalue weighted by molar-refractivity contribution is 0.628. The molecule has 0 radical (unpaired) electrons. The van der Waals surface area contributed by atoms with E-state index in [4.69, 9.17) is 28.5 Å². The van der Waals surface area contributed by atoms with Crippen LogP contribution in [0.15, 0.2) is 36.4 Å². The number of hydrogen-bond acceptors (Lipinski definition) is 2. The van der Waals surface area contributed by atoms with Crippen molar-refractivity contribution in [3.8, 4) is 17.5 Å². The Morgan fingerprint density at radius 2 is 1.95 bits per heavy atom. The molecule has 2 aromatic carbocycles. The molecule has 3 aromatic rings. The van der Waals surface area contributed by atoms with E-state index in [-0.39, 0.29) is 12.4 Å². The number of nitriles is 1. The summed E-state index contributed by atoms with van der Waals surface area (Å²) in [4.78, 5) is 4.45. The van der Waals surface area contributed by atoms with Gasteiger partial charge in [0.1, 0.15) is 18.2 Å². The van der Waals surface area contributed by atoms with Crippen molar-refractivity contribution < 1.29 is 4.39 Å². The third kappa shape index (κ3) is 2.46. The third-order valence-electron chi connectivity index (χ3n) is 3.10. The van der Waals surface area contributed by atoms with Crippen LogP contribution in [-0.2, 0) is 6.54 Å². The second-order valence-corrected chi connectivity index (χ2v) is 5.26. The van der Waals surface area contributed by atoms with Crippen molar-refractivity contribution in [1.82, 2.24) is 9.55 Å². The predicted molar refractivity (Wildman–Crippen MR) is 80.8 cm³/mol. The maximum absolute atomic E-state index is 13.4. The van der Waals surface area contributed by atoms with Crippen LogP contribution in [0.1, 0.15) is 0 Å². The zero-order valence-corrected chi connectivity index (χ0v) is 12.2. The molecule has 104 valence electrons. The minimum atomic E-state index is -0.362. The summed E-state index contributed by atoms with van der Waals surface area (Å²) in [5.74, 6) is 0.142. The average Bonchev–Trinajstić information content (AvgIpc) is 2.78. The van der Waals surface area contributed by atoms with Crippen LogP contribution in [0, 0.1) is 17.1 Å². The number of halogens is 3. The second kappa shape index (κ2) is 5.36. The van der Waals surface area contributed by atoms with E-state index < -0.39 is 0 Å². The van der Waals surface area contributed by atoms with Crippen LogP contribution in [0.5, 0.6) is 0 Å². The zero-order valence-electron chi connectivity index (χ0n) is 10.6. The number of imidazole rings is 1. The van der Waals surface area contributed by atoms with Crippen LogP contribution in [-0.4, -0.2) is 9.55 Å². The summed E-state index contributed by atoms with van der Waals surface area (Å²) in [5, 5.41) is 9.78. The molecule has 0 aliphatic carbocycles. The molecule has 0 bridgehead atoms. The van der Waals surface area contributed by atoms with Crippen molar-refractivity contribution in [2.75, 3.05) is 0 Å². The van der Waals surface area contributed by atoms with E-state index in [1.54, 1.807) is 28.8 Å². The van der Waals surface area contributed by atoms with Gasteiger partial charge in [0, 0.05) is 5.56 Å². The van der Waals surface area contributed by atoms with Gasteiger partial charge in [-0.05, 0) is 24.3 Å². The molecule has 0 N–H and O–H groups in total. The van der Waals surface area contributed by atoms with Crippen molar-refractivity contribution in [3.05, 3.63) is 52.3 Å². The maximum atomic E-state index is 13.4. The highest BCUT2D eigenvalue weighted by Gasteiger charge is 2.14. The second-order valence-electron chi connectivity index (χ2n) is 4.45. The number of nitrogens with zero attached hydrogens (tertiary/aromatic N) is 3. The first-order chi connectivity index (χ1) is 10.1. The Bertz CT molecular complexity index is 880. The molecule has 0 aliphatic heterocycles. The van der Waals surface area contributed by atoms with Gasteiger partial charge >= 0.3 is 0 Å². The van der Waals surface area contributed by atoms with Gasteiger partial charge < -0.3 is 4.57 Å². The largest absolute Gasteiger partial charge is 0.310 e. The first-order valence-corrected chi connectivity index (χ1v) is 6.84. The monoisotopic (exact) mass is 319 g/mol. The van der Waals surface area contributed by atoms with Crippen LogP contribution >= 0.6 is 23.2 Å². The third-order valence-corrected chi connectivity index (χ3v) is 3.82. The van der Waals surface area contributed by atoms with Gasteiger partial charge in [-0.3, -0.25) is 0 Å². The van der Waals surface area contributed by atoms with Gasteiger partial charge in [0.2, 0.25) is 0 Å². The van der Waals surface area contributed by atoms with Crippen molar-refractivity contribution in [2.24, 2.45) is 0 Å². The average molecular weight is 320 g/mol. The van der Waals surface area contributed by atoms with Gasteiger partial charge in [0.05, 0.1) is 27.1 Å². The van der Waals surface area contributed by atoms with Crippen LogP contribution in [0.4, 0.5) is 4.39 Å². The minimum Gasteiger partial charge on any atom is -0.310 e. The van der Waals surface area contributed by atoms with Crippen LogP contribution in [0.2, 0.25) is 10.0 Å². The van der Waals surface area contributed by atoms with Gasteiger partial charge in [-0.25, -0.2) is 9.37 Å². The molecule has 0 amide bonds. The van der Waals surface area contributed by atoms with Gasteiger partial charge in [0.25, 0.3) is 0 Å². The van der Waals surface area contributed by atoms with E-state index in [1.807, 2.05) is 0 Å². The molecule has 3 rings (SSSR count). The topological polar surface area (TPSA) is 41.6 Å². The van der Waals surface area contributed by atoms with E-state index in [9.17, 15) is 4.39 Å². The summed E-state index contributed by atoms with van der Waals surface area (Å²) >= 11 is 12.0. The molecule has 0 fully saturated rings. The molecule has 0 spiro atoms. The normalized spacial score (nSPS) is 10.8. The molecule has 21 heavy (non-hydrogen) atoms. The van der Waals surface area contributed by atoms with Gasteiger partial charge in [0.15, 0.2) is 0 Å². The Hall–Kier alpha value is -2.09. The molecule has 1 aromatic heterocycles. The van der Waals surface area contributed by atoms with Crippen LogP contribution < -0.4 is 0 Å². The van der Waals surface area contributed by atoms with E-state index in [1.165, 1.54) is 12.1 Å². The molecule has 0 saturated heterocycles. The SMILES string of the molecule is N#CCn1c(-c2cccc(F)c2)nc2cc(Cl)c(Cl)cc21. The molecular weight excluding hydrogens is 312 g/mol. The molecule has 0 unspecified atom stereocenters. The molecule has 1 heterocycles. The highest BCUT2D eigenvalue weighted by molar-refractivity contribution is 6.42. The fourth-order valence-corrected chi connectivity index (χ4v) is 2.51. The van der Waals surface area contributed by atoms with Crippen molar-refractivity contribution in [3.63, 3.8) is 0 Å². The van der Waals surface area contributed by atoms with Crippen LogP contribution in [0.25, 0.3) is 22.4 Å². The number of fused-ring (bicyclic) bond motifs is 1. The summed E-state index contributed by atoms with van der Waals surface area (Å²) in [7, 11) is 0. The highest BCUT2D eigenvalue weighted by Crippen LogP contribution is 2.31. The Morgan fingerprint density at radius 1 is 1.19 bits per heavy atom. The lowest BCUT2D eigenvalue weighted by atomic mass is 10.2. The predicted octanol–water partition coefficient (Wildman–Crippen LogP) is 4.67. The van der Waals surface area contributed by atoms with Gasteiger partial charge in [-0.15, -0.1) is 0 Å². The Morgan fingerprint density at radius 3 is 2.67 bits per heavy atom. The summed E-state index contributed by atoms with van der Waals surface area (Å²) in [6.45, 7) is 0.0836. The molecule has 0 aliphatic rings. The van der Waals surface area contributed by atoms with E-state index in [0.29, 0.717) is 32.5 Å². The highest BCUT2D eigenvalue weighted by atomic mass is 35.5. The molecule has 3 nitrogen and oxygen atoms in total. The smallest absolute Gasteiger partial charge is 0.142 e. The fourth-order valence-electron chi connectivity index (χ4n) is 2.20. The van der Waals surface area contributed by atoms with Crippen molar-refractivity contribution in [1.29, 1.82) is 5.26 Å². The fraction of sp³-hybridized carbons (Fsp3) is 0.0667. The maximum Gasteiger partial charge on any atom is 0.142 e. The summed E-state index contributed by atoms with van der Waals surface area (Å²) in [6.07, 6.45) is 0. The summed E-state index contributed by atoms with van der Waals surface area (Å²) in [5.41, 5.74) is 1.89. The number of hydrogen-bond donors (Lipinski definition) is 0. The minimum absolute atomic E-state index is 0.0836. The number of rotatable bonds is 2. The standard InChI is InChI=1S/C15H8Cl2FN3/c16-11-7-13-14(8-12(11)17)21(5-4-19)15(20-13)9-2-1-3-10(18)6-9/h1-3,6-8H,5H2. The van der Waals surface area contributed by atoms with Crippen molar-refractivity contribution in [2.45, 2.75) is 6.54 Å². The van der Waals surface area contributed by atoms with E-state index in [0.717, 1.165) is 0 Å². The zero-order chi connectivity index (χ0) is 15.0. The number of aromatic nitrogens is 2. The lowest BCUT2D eigenvalue weighted by Gasteiger charge is -2.05. The van der Waals surface area contributed by atoms with E-state index in [2.05, 4.69) is 11.1 Å². The van der Waals surface area contributed by atoms with E-state index >= 15 is 0 Å². The summed E-state index contributed by atoms with van der Waals surface area (Å²) in [6, 6.07) is 11.4. The molecule has 6 heteroatoms. The quantitative estimate of drug-likeness (QED) is 0.688. The first kappa shape index (κ1) is 13.9.